The van der Waals surface area contributed by atoms with Gasteiger partial charge >= 0.3 is 0 Å². The Labute approximate surface area is 152 Å². The van der Waals surface area contributed by atoms with Crippen molar-refractivity contribution >= 4 is 16.1 Å². The molecule has 0 aliphatic carbocycles. The lowest BCUT2D eigenvalue weighted by Crippen LogP contribution is -2.20. The predicted octanol–water partition coefficient (Wildman–Crippen LogP) is 3.06. The molecule has 1 aromatic heterocycles. The highest BCUT2D eigenvalue weighted by molar-refractivity contribution is 7.92. The summed E-state index contributed by atoms with van der Waals surface area (Å²) in [7, 11) is -3.60. The highest BCUT2D eigenvalue weighted by atomic mass is 32.2. The third kappa shape index (κ3) is 5.37. The van der Waals surface area contributed by atoms with E-state index in [4.69, 9.17) is 4.52 Å². The highest BCUT2D eigenvalue weighted by Gasteiger charge is 2.11. The van der Waals surface area contributed by atoms with Gasteiger partial charge in [0.1, 0.15) is 0 Å². The molecule has 2 aromatic carbocycles. The molecule has 6 nitrogen and oxygen atoms in total. The summed E-state index contributed by atoms with van der Waals surface area (Å²) in [5.74, 6) is 0.740. The molecule has 134 valence electrons. The molecule has 3 aromatic rings. The fraction of sp³-hybridized carbons (Fsp3) is 0.158. The fourth-order valence-corrected chi connectivity index (χ4v) is 3.03. The van der Waals surface area contributed by atoms with Gasteiger partial charge in [0.2, 0.25) is 15.9 Å². The van der Waals surface area contributed by atoms with E-state index in [0.29, 0.717) is 12.2 Å². The van der Waals surface area contributed by atoms with Crippen molar-refractivity contribution in [1.82, 2.24) is 14.9 Å². The van der Waals surface area contributed by atoms with Crippen LogP contribution in [-0.4, -0.2) is 18.6 Å². The van der Waals surface area contributed by atoms with Crippen LogP contribution in [0.2, 0.25) is 0 Å². The largest absolute Gasteiger partial charge is 0.338 e. The first-order valence-electron chi connectivity index (χ1n) is 8.10. The number of nitrogens with zero attached hydrogens (tertiary/aromatic N) is 2. The van der Waals surface area contributed by atoms with E-state index in [1.54, 1.807) is 0 Å². The van der Waals surface area contributed by atoms with Crippen molar-refractivity contribution in [3.05, 3.63) is 88.4 Å². The Hall–Kier alpha value is -2.77. The molecule has 0 radical (unpaired) electrons. The summed E-state index contributed by atoms with van der Waals surface area (Å²) in [6, 6.07) is 17.3. The van der Waals surface area contributed by atoms with Crippen molar-refractivity contribution in [2.24, 2.45) is 0 Å². The first-order chi connectivity index (χ1) is 12.5. The third-order valence-corrected chi connectivity index (χ3v) is 4.70. The molecule has 0 aliphatic rings. The Balaban J connectivity index is 1.57. The monoisotopic (exact) mass is 369 g/mol. The topological polar surface area (TPSA) is 85.1 Å². The second-order valence-electron chi connectivity index (χ2n) is 5.85. The Bertz CT molecular complexity index is 978. The summed E-state index contributed by atoms with van der Waals surface area (Å²) in [5.41, 5.74) is 2.98. The zero-order valence-electron chi connectivity index (χ0n) is 14.3. The van der Waals surface area contributed by atoms with Gasteiger partial charge in [-0.1, -0.05) is 65.3 Å². The quantitative estimate of drug-likeness (QED) is 0.692. The summed E-state index contributed by atoms with van der Waals surface area (Å²) < 4.78 is 31.6. The van der Waals surface area contributed by atoms with Crippen LogP contribution in [0.1, 0.15) is 28.4 Å². The molecule has 0 amide bonds. The molecule has 0 saturated carbocycles. The Morgan fingerprint density at radius 1 is 1.08 bits per heavy atom. The normalized spacial score (nSPS) is 11.9. The Morgan fingerprint density at radius 3 is 2.54 bits per heavy atom. The maximum Gasteiger partial charge on any atom is 0.241 e. The minimum atomic E-state index is -3.60. The van der Waals surface area contributed by atoms with Crippen molar-refractivity contribution in [1.29, 1.82) is 0 Å². The number of rotatable bonds is 7. The number of aryl methyl sites for hydroxylation is 1. The standard InChI is InChI=1S/C19H19N3O3S/c1-15-7-9-16(10-8-15)11-12-26(23,24)20-14-19-21-18(22-25-19)13-17-5-3-2-4-6-17/h2-12,20H,13-14H2,1H3/b12-11+. The summed E-state index contributed by atoms with van der Waals surface area (Å²) in [6.45, 7) is 1.92. The van der Waals surface area contributed by atoms with Gasteiger partial charge in [-0.3, -0.25) is 0 Å². The maximum atomic E-state index is 12.1. The van der Waals surface area contributed by atoms with Gasteiger partial charge in [0.05, 0.1) is 6.54 Å². The van der Waals surface area contributed by atoms with Crippen molar-refractivity contribution < 1.29 is 12.9 Å². The SMILES string of the molecule is Cc1ccc(/C=C/S(=O)(=O)NCc2nc(Cc3ccccc3)no2)cc1. The van der Waals surface area contributed by atoms with Crippen molar-refractivity contribution in [2.45, 2.75) is 19.9 Å². The molecule has 3 rings (SSSR count). The van der Waals surface area contributed by atoms with Gasteiger partial charge in [-0.15, -0.1) is 0 Å². The van der Waals surface area contributed by atoms with Crippen molar-refractivity contribution in [3.63, 3.8) is 0 Å². The zero-order chi connectivity index (χ0) is 18.4. The molecule has 0 spiro atoms. The molecule has 0 atom stereocenters. The van der Waals surface area contributed by atoms with E-state index >= 15 is 0 Å². The van der Waals surface area contributed by atoms with Gasteiger partial charge in [0.25, 0.3) is 0 Å². The lowest BCUT2D eigenvalue weighted by atomic mass is 10.1. The number of benzene rings is 2. The number of nitrogens with one attached hydrogen (secondary N) is 1. The van der Waals surface area contributed by atoms with Crippen LogP contribution in [0.15, 0.2) is 64.5 Å². The van der Waals surface area contributed by atoms with Gasteiger partial charge in [-0.2, -0.15) is 4.98 Å². The molecule has 7 heteroatoms. The summed E-state index contributed by atoms with van der Waals surface area (Å²) in [4.78, 5) is 4.21. The van der Waals surface area contributed by atoms with Crippen LogP contribution < -0.4 is 4.72 Å². The smallest absolute Gasteiger partial charge is 0.241 e. The van der Waals surface area contributed by atoms with Crippen molar-refractivity contribution in [3.8, 4) is 0 Å². The van der Waals surface area contributed by atoms with Crippen LogP contribution in [0, 0.1) is 6.92 Å². The molecule has 1 heterocycles. The minimum Gasteiger partial charge on any atom is -0.338 e. The highest BCUT2D eigenvalue weighted by Crippen LogP contribution is 2.08. The zero-order valence-corrected chi connectivity index (χ0v) is 15.1. The average Bonchev–Trinajstić information content (AvgIpc) is 3.08. The Morgan fingerprint density at radius 2 is 1.81 bits per heavy atom. The molecular weight excluding hydrogens is 350 g/mol. The van der Waals surface area contributed by atoms with Gasteiger partial charge < -0.3 is 4.52 Å². The lowest BCUT2D eigenvalue weighted by Gasteiger charge is -1.99. The van der Waals surface area contributed by atoms with Crippen LogP contribution in [0.25, 0.3) is 6.08 Å². The van der Waals surface area contributed by atoms with Gasteiger partial charge in [0, 0.05) is 11.8 Å². The number of sulfonamides is 1. The minimum absolute atomic E-state index is 0.0532. The van der Waals surface area contributed by atoms with Gasteiger partial charge in [-0.05, 0) is 24.1 Å². The van der Waals surface area contributed by atoms with E-state index in [2.05, 4.69) is 14.9 Å². The lowest BCUT2D eigenvalue weighted by molar-refractivity contribution is 0.371. The molecule has 1 N–H and O–H groups in total. The van der Waals surface area contributed by atoms with Crippen LogP contribution >= 0.6 is 0 Å². The van der Waals surface area contributed by atoms with E-state index < -0.39 is 10.0 Å². The molecular formula is C19H19N3O3S. The molecule has 0 bridgehead atoms. The molecule has 0 saturated heterocycles. The van der Waals surface area contributed by atoms with E-state index in [-0.39, 0.29) is 12.4 Å². The van der Waals surface area contributed by atoms with E-state index in [1.165, 1.54) is 6.08 Å². The first kappa shape index (κ1) is 18.0. The molecule has 0 fully saturated rings. The second kappa shape index (κ2) is 8.07. The second-order valence-corrected chi connectivity index (χ2v) is 7.50. The fourth-order valence-electron chi connectivity index (χ4n) is 2.27. The first-order valence-corrected chi connectivity index (χ1v) is 9.65. The van der Waals surface area contributed by atoms with E-state index in [9.17, 15) is 8.42 Å². The molecule has 0 unspecified atom stereocenters. The molecule has 0 aliphatic heterocycles. The van der Waals surface area contributed by atoms with E-state index in [1.807, 2.05) is 61.5 Å². The van der Waals surface area contributed by atoms with Crippen LogP contribution in [0.4, 0.5) is 0 Å². The maximum absolute atomic E-state index is 12.1. The average molecular weight is 369 g/mol. The van der Waals surface area contributed by atoms with Crippen molar-refractivity contribution in [2.75, 3.05) is 0 Å². The summed E-state index contributed by atoms with van der Waals surface area (Å²) in [6.07, 6.45) is 2.07. The third-order valence-electron chi connectivity index (χ3n) is 3.66. The van der Waals surface area contributed by atoms with E-state index in [0.717, 1.165) is 22.1 Å². The molecule has 26 heavy (non-hydrogen) atoms. The summed E-state index contributed by atoms with van der Waals surface area (Å²) in [5, 5.41) is 5.00. The Kier molecular flexibility index (Phi) is 5.60. The van der Waals surface area contributed by atoms with Crippen LogP contribution in [0.5, 0.6) is 0 Å². The predicted molar refractivity (Wildman–Crippen MR) is 99.5 cm³/mol. The van der Waals surface area contributed by atoms with Gasteiger partial charge in [-0.25, -0.2) is 13.1 Å². The number of aromatic nitrogens is 2. The number of hydrogen-bond donors (Lipinski definition) is 1. The van der Waals surface area contributed by atoms with Gasteiger partial charge in [0.15, 0.2) is 5.82 Å². The van der Waals surface area contributed by atoms with Crippen LogP contribution in [0.3, 0.4) is 0 Å². The summed E-state index contributed by atoms with van der Waals surface area (Å²) >= 11 is 0. The van der Waals surface area contributed by atoms with Crippen LogP contribution in [-0.2, 0) is 23.0 Å². The number of hydrogen-bond acceptors (Lipinski definition) is 5.